The molecule has 1 saturated heterocycles. The first-order valence-electron chi connectivity index (χ1n) is 13.7. The summed E-state index contributed by atoms with van der Waals surface area (Å²) in [6, 6.07) is 15.6. The molecular weight excluding hydrogens is 448 g/mol. The van der Waals surface area contributed by atoms with E-state index in [-0.39, 0.29) is 23.0 Å². The van der Waals surface area contributed by atoms with Crippen LogP contribution in [0, 0.1) is 17.3 Å². The van der Waals surface area contributed by atoms with E-state index in [9.17, 15) is 14.7 Å². The fourth-order valence-corrected chi connectivity index (χ4v) is 6.16. The van der Waals surface area contributed by atoms with E-state index in [4.69, 9.17) is 0 Å². The first-order chi connectivity index (χ1) is 17.3. The molecule has 194 valence electrons. The van der Waals surface area contributed by atoms with E-state index in [0.29, 0.717) is 29.9 Å². The Bertz CT molecular complexity index is 1040. The second kappa shape index (κ2) is 11.5. The minimum absolute atomic E-state index is 0.00177. The van der Waals surface area contributed by atoms with Crippen molar-refractivity contribution >= 4 is 11.8 Å². The second-order valence-electron chi connectivity index (χ2n) is 11.7. The minimum Gasteiger partial charge on any atom is -0.507 e. The average Bonchev–Trinajstić information content (AvgIpc) is 3.42. The number of para-hydroxylation sites is 1. The van der Waals surface area contributed by atoms with Crippen molar-refractivity contribution in [1.29, 1.82) is 0 Å². The van der Waals surface area contributed by atoms with Gasteiger partial charge in [-0.15, -0.1) is 0 Å². The van der Waals surface area contributed by atoms with Crippen molar-refractivity contribution in [2.75, 3.05) is 19.6 Å². The first-order valence-corrected chi connectivity index (χ1v) is 13.7. The van der Waals surface area contributed by atoms with E-state index < -0.39 is 0 Å². The summed E-state index contributed by atoms with van der Waals surface area (Å²) in [5.41, 5.74) is 2.83. The molecule has 2 amide bonds. The number of aromatic hydroxyl groups is 1. The molecule has 2 aliphatic rings. The SMILES string of the molecule is CCc1ccc(C2CC(CC(C)(C)CNC(=O)c3ccccc3O)CN(C(=O)C3CCCC3)C2)cc1. The maximum Gasteiger partial charge on any atom is 0.255 e. The van der Waals surface area contributed by atoms with Crippen molar-refractivity contribution < 1.29 is 14.7 Å². The molecule has 2 unspecified atom stereocenters. The number of nitrogens with zero attached hydrogens (tertiary/aromatic N) is 1. The molecule has 1 aliphatic carbocycles. The number of hydrogen-bond acceptors (Lipinski definition) is 3. The lowest BCUT2D eigenvalue weighted by atomic mass is 9.75. The van der Waals surface area contributed by atoms with E-state index in [0.717, 1.165) is 45.2 Å². The molecule has 0 bridgehead atoms. The van der Waals surface area contributed by atoms with Gasteiger partial charge in [0.1, 0.15) is 5.75 Å². The van der Waals surface area contributed by atoms with Crippen molar-refractivity contribution in [3.05, 3.63) is 65.2 Å². The lowest BCUT2D eigenvalue weighted by Crippen LogP contribution is -2.47. The number of carbonyl (C=O) groups excluding carboxylic acids is 2. The number of amides is 2. The molecule has 2 atom stereocenters. The van der Waals surface area contributed by atoms with Gasteiger partial charge >= 0.3 is 0 Å². The maximum atomic E-state index is 13.4. The van der Waals surface area contributed by atoms with Gasteiger partial charge in [0.2, 0.25) is 5.91 Å². The van der Waals surface area contributed by atoms with Gasteiger partial charge in [-0.3, -0.25) is 9.59 Å². The molecule has 2 fully saturated rings. The molecule has 1 saturated carbocycles. The third-order valence-electron chi connectivity index (χ3n) is 8.13. The highest BCUT2D eigenvalue weighted by atomic mass is 16.3. The minimum atomic E-state index is -0.253. The van der Waals surface area contributed by atoms with Gasteiger partial charge in [0, 0.05) is 31.5 Å². The Hall–Kier alpha value is -2.82. The average molecular weight is 491 g/mol. The molecular formula is C31H42N2O3. The van der Waals surface area contributed by atoms with Crippen LogP contribution in [0.4, 0.5) is 0 Å². The quantitative estimate of drug-likeness (QED) is 0.482. The fourth-order valence-electron chi connectivity index (χ4n) is 6.16. The lowest BCUT2D eigenvalue weighted by Gasteiger charge is -2.42. The summed E-state index contributed by atoms with van der Waals surface area (Å²) < 4.78 is 0. The van der Waals surface area contributed by atoms with Gasteiger partial charge in [-0.1, -0.05) is 70.0 Å². The zero-order valence-electron chi connectivity index (χ0n) is 22.1. The predicted octanol–water partition coefficient (Wildman–Crippen LogP) is 5.92. The van der Waals surface area contributed by atoms with Crippen LogP contribution >= 0.6 is 0 Å². The molecule has 0 spiro atoms. The Morgan fingerprint density at radius 3 is 2.39 bits per heavy atom. The summed E-state index contributed by atoms with van der Waals surface area (Å²) >= 11 is 0. The third-order valence-corrected chi connectivity index (χ3v) is 8.13. The highest BCUT2D eigenvalue weighted by molar-refractivity contribution is 5.96. The molecule has 2 aromatic carbocycles. The predicted molar refractivity (Wildman–Crippen MR) is 144 cm³/mol. The topological polar surface area (TPSA) is 69.6 Å². The number of nitrogens with one attached hydrogen (secondary N) is 1. The molecule has 36 heavy (non-hydrogen) atoms. The fraction of sp³-hybridized carbons (Fsp3) is 0.548. The Morgan fingerprint density at radius 2 is 1.72 bits per heavy atom. The van der Waals surface area contributed by atoms with Gasteiger partial charge in [-0.05, 0) is 66.7 Å². The van der Waals surface area contributed by atoms with Gasteiger partial charge in [0.25, 0.3) is 5.91 Å². The van der Waals surface area contributed by atoms with Gasteiger partial charge in [-0.25, -0.2) is 0 Å². The van der Waals surface area contributed by atoms with Crippen molar-refractivity contribution in [3.63, 3.8) is 0 Å². The number of likely N-dealkylation sites (tertiary alicyclic amines) is 1. The standard InChI is InChI=1S/C31H42N2O3/c1-4-22-13-15-24(16-14-22)26-17-23(19-33(20-26)30(36)25-9-5-6-10-25)18-31(2,3)21-32-29(35)27-11-7-8-12-28(27)34/h7-8,11-16,23,25-26,34H,4-6,9-10,17-21H2,1-3H3,(H,32,35). The number of phenols is 1. The summed E-state index contributed by atoms with van der Waals surface area (Å²) in [7, 11) is 0. The van der Waals surface area contributed by atoms with Crippen LogP contribution in [0.3, 0.4) is 0 Å². The van der Waals surface area contributed by atoms with Crippen LogP contribution in [0.5, 0.6) is 5.75 Å². The van der Waals surface area contributed by atoms with Gasteiger partial charge < -0.3 is 15.3 Å². The van der Waals surface area contributed by atoms with E-state index in [1.807, 2.05) is 0 Å². The van der Waals surface area contributed by atoms with Crippen LogP contribution < -0.4 is 5.32 Å². The number of hydrogen-bond donors (Lipinski definition) is 2. The maximum absolute atomic E-state index is 13.4. The van der Waals surface area contributed by atoms with E-state index >= 15 is 0 Å². The molecule has 1 aliphatic heterocycles. The van der Waals surface area contributed by atoms with Crippen molar-refractivity contribution in [3.8, 4) is 5.75 Å². The van der Waals surface area contributed by atoms with Gasteiger partial charge in [-0.2, -0.15) is 0 Å². The van der Waals surface area contributed by atoms with Crippen LogP contribution in [0.25, 0.3) is 0 Å². The Labute approximate surface area is 216 Å². The summed E-state index contributed by atoms with van der Waals surface area (Å²) in [5, 5.41) is 13.0. The normalized spacial score (nSPS) is 20.9. The van der Waals surface area contributed by atoms with E-state index in [1.54, 1.807) is 18.2 Å². The van der Waals surface area contributed by atoms with Crippen molar-refractivity contribution in [2.45, 2.75) is 71.6 Å². The molecule has 0 radical (unpaired) electrons. The monoisotopic (exact) mass is 490 g/mol. The zero-order chi connectivity index (χ0) is 25.7. The molecule has 2 aromatic rings. The van der Waals surface area contributed by atoms with Crippen LogP contribution in [0.15, 0.2) is 48.5 Å². The number of phenolic OH excluding ortho intramolecular Hbond substituents is 1. The Kier molecular flexibility index (Phi) is 8.38. The number of piperidine rings is 1. The van der Waals surface area contributed by atoms with Gasteiger partial charge in [0.15, 0.2) is 0 Å². The number of aryl methyl sites for hydroxylation is 1. The summed E-state index contributed by atoms with van der Waals surface area (Å²) in [5.74, 6) is 0.995. The molecule has 1 heterocycles. The molecule has 5 nitrogen and oxygen atoms in total. The van der Waals surface area contributed by atoms with E-state index in [2.05, 4.69) is 55.3 Å². The Morgan fingerprint density at radius 1 is 1.03 bits per heavy atom. The van der Waals surface area contributed by atoms with Crippen LogP contribution in [0.1, 0.15) is 86.7 Å². The first kappa shape index (κ1) is 26.2. The number of rotatable bonds is 8. The summed E-state index contributed by atoms with van der Waals surface area (Å²) in [4.78, 5) is 28.2. The second-order valence-corrected chi connectivity index (χ2v) is 11.7. The Balaban J connectivity index is 1.45. The van der Waals surface area contributed by atoms with Gasteiger partial charge in [0.05, 0.1) is 5.56 Å². The van der Waals surface area contributed by atoms with Crippen LogP contribution in [-0.4, -0.2) is 41.5 Å². The highest BCUT2D eigenvalue weighted by Gasteiger charge is 2.37. The smallest absolute Gasteiger partial charge is 0.255 e. The number of carbonyl (C=O) groups is 2. The molecule has 4 rings (SSSR count). The van der Waals surface area contributed by atoms with E-state index in [1.165, 1.54) is 30.0 Å². The third kappa shape index (κ3) is 6.48. The molecule has 0 aromatic heterocycles. The molecule has 5 heteroatoms. The largest absolute Gasteiger partial charge is 0.507 e. The number of benzene rings is 2. The summed E-state index contributed by atoms with van der Waals surface area (Å²) in [6.07, 6.45) is 7.39. The van der Waals surface area contributed by atoms with Crippen LogP contribution in [-0.2, 0) is 11.2 Å². The van der Waals surface area contributed by atoms with Crippen LogP contribution in [0.2, 0.25) is 0 Å². The zero-order valence-corrected chi connectivity index (χ0v) is 22.1. The van der Waals surface area contributed by atoms with Crippen molar-refractivity contribution in [1.82, 2.24) is 10.2 Å². The molecule has 2 N–H and O–H groups in total. The van der Waals surface area contributed by atoms with Crippen molar-refractivity contribution in [2.24, 2.45) is 17.3 Å². The summed E-state index contributed by atoms with van der Waals surface area (Å²) in [6.45, 7) is 8.66. The highest BCUT2D eigenvalue weighted by Crippen LogP contribution is 2.38. The lowest BCUT2D eigenvalue weighted by molar-refractivity contribution is -0.137.